The van der Waals surface area contributed by atoms with Crippen LogP contribution in [0.4, 0.5) is 10.5 Å². The number of hydrogen-bond donors (Lipinski definition) is 2. The Balaban J connectivity index is 1.48. The van der Waals surface area contributed by atoms with Crippen LogP contribution in [0, 0.1) is 0 Å². The number of rotatable bonds is 6. The van der Waals surface area contributed by atoms with E-state index in [1.165, 1.54) is 13.8 Å². The lowest BCUT2D eigenvalue weighted by Gasteiger charge is -2.15. The van der Waals surface area contributed by atoms with Gasteiger partial charge in [0.1, 0.15) is 12.1 Å². The van der Waals surface area contributed by atoms with Crippen LogP contribution in [0.25, 0.3) is 11.1 Å². The van der Waals surface area contributed by atoms with Crippen LogP contribution in [0.3, 0.4) is 0 Å². The summed E-state index contributed by atoms with van der Waals surface area (Å²) in [6.45, 7) is 2.00. The number of esters is 1. The van der Waals surface area contributed by atoms with Gasteiger partial charge in [-0.15, -0.1) is 0 Å². The third-order valence-corrected chi connectivity index (χ3v) is 4.37. The molecule has 0 unspecified atom stereocenters. The van der Waals surface area contributed by atoms with Crippen LogP contribution in [0.15, 0.2) is 54.6 Å². The number of nitrogens with one attached hydrogen (secondary N) is 2. The van der Waals surface area contributed by atoms with E-state index in [-0.39, 0.29) is 0 Å². The molecule has 0 atom stereocenters. The molecular formula is C21H21N3O5. The zero-order valence-electron chi connectivity index (χ0n) is 16.1. The van der Waals surface area contributed by atoms with Crippen molar-refractivity contribution in [3.05, 3.63) is 54.6 Å². The molecule has 1 aliphatic heterocycles. The topological polar surface area (TPSA) is 105 Å². The molecule has 2 aromatic rings. The average molecular weight is 395 g/mol. The molecule has 3 rings (SSSR count). The Labute approximate surface area is 167 Å². The molecule has 8 heteroatoms. The maximum Gasteiger partial charge on any atom is 0.326 e. The van der Waals surface area contributed by atoms with Gasteiger partial charge in [0.2, 0.25) is 0 Å². The smallest absolute Gasteiger partial charge is 0.326 e. The molecule has 0 radical (unpaired) electrons. The minimum absolute atomic E-state index is 0.522. The van der Waals surface area contributed by atoms with Crippen molar-refractivity contribution in [3.8, 4) is 11.1 Å². The largest absolute Gasteiger partial charge is 0.454 e. The third-order valence-electron chi connectivity index (χ3n) is 4.37. The zero-order valence-corrected chi connectivity index (χ0v) is 16.1. The van der Waals surface area contributed by atoms with Crippen molar-refractivity contribution in [2.24, 2.45) is 0 Å². The number of imide groups is 1. The number of ether oxygens (including phenoxy) is 1. The highest BCUT2D eigenvalue weighted by molar-refractivity contribution is 6.08. The Morgan fingerprint density at radius 1 is 1.00 bits per heavy atom. The molecule has 1 aliphatic rings. The fraction of sp³-hybridized carbons (Fsp3) is 0.238. The lowest BCUT2D eigenvalue weighted by molar-refractivity contribution is -0.150. The number of carbonyl (C=O) groups is 4. The molecule has 4 amide bonds. The Morgan fingerprint density at radius 3 is 2.21 bits per heavy atom. The molecule has 1 fully saturated rings. The maximum atomic E-state index is 12.0. The van der Waals surface area contributed by atoms with E-state index in [2.05, 4.69) is 10.6 Å². The summed E-state index contributed by atoms with van der Waals surface area (Å²) in [4.78, 5) is 48.4. The average Bonchev–Trinajstić information content (AvgIpc) is 2.89. The van der Waals surface area contributed by atoms with Gasteiger partial charge < -0.3 is 15.4 Å². The fourth-order valence-electron chi connectivity index (χ4n) is 2.86. The second kappa shape index (κ2) is 8.14. The molecule has 29 heavy (non-hydrogen) atoms. The molecule has 8 nitrogen and oxygen atoms in total. The summed E-state index contributed by atoms with van der Waals surface area (Å²) >= 11 is 0. The van der Waals surface area contributed by atoms with E-state index in [4.69, 9.17) is 4.74 Å². The summed E-state index contributed by atoms with van der Waals surface area (Å²) < 4.78 is 4.87. The van der Waals surface area contributed by atoms with E-state index in [0.29, 0.717) is 5.69 Å². The zero-order chi connectivity index (χ0) is 21.0. The van der Waals surface area contributed by atoms with Gasteiger partial charge in [-0.3, -0.25) is 19.3 Å². The lowest BCUT2D eigenvalue weighted by Crippen LogP contribution is -2.41. The van der Waals surface area contributed by atoms with E-state index in [0.717, 1.165) is 16.0 Å². The summed E-state index contributed by atoms with van der Waals surface area (Å²) in [6.07, 6.45) is 0. The van der Waals surface area contributed by atoms with Crippen LogP contribution in [-0.2, 0) is 19.1 Å². The summed E-state index contributed by atoms with van der Waals surface area (Å²) in [5.74, 6) is -1.90. The first-order valence-corrected chi connectivity index (χ1v) is 9.01. The van der Waals surface area contributed by atoms with Crippen LogP contribution in [0.2, 0.25) is 0 Å². The van der Waals surface area contributed by atoms with Crippen molar-refractivity contribution in [2.45, 2.75) is 19.4 Å². The first-order valence-electron chi connectivity index (χ1n) is 9.01. The van der Waals surface area contributed by atoms with Crippen LogP contribution in [0.5, 0.6) is 0 Å². The SMILES string of the molecule is CC1(C)NC(=O)N(CC(=O)OCC(=O)Nc2ccc(-c3ccccc3)cc2)C1=O. The first kappa shape index (κ1) is 20.1. The van der Waals surface area contributed by atoms with Gasteiger partial charge in [0.25, 0.3) is 11.8 Å². The third kappa shape index (κ3) is 4.78. The van der Waals surface area contributed by atoms with Crippen molar-refractivity contribution >= 4 is 29.5 Å². The Kier molecular flexibility index (Phi) is 5.63. The Hall–Kier alpha value is -3.68. The van der Waals surface area contributed by atoms with Crippen LogP contribution < -0.4 is 10.6 Å². The quantitative estimate of drug-likeness (QED) is 0.576. The maximum absolute atomic E-state index is 12.0. The first-order chi connectivity index (χ1) is 13.8. The number of hydrogen-bond acceptors (Lipinski definition) is 5. The van der Waals surface area contributed by atoms with E-state index < -0.39 is 42.5 Å². The van der Waals surface area contributed by atoms with Gasteiger partial charge in [-0.1, -0.05) is 42.5 Å². The van der Waals surface area contributed by atoms with Gasteiger partial charge in [0.05, 0.1) is 0 Å². The number of nitrogens with zero attached hydrogens (tertiary/aromatic N) is 1. The standard InChI is InChI=1S/C21H21N3O5/c1-21(2)19(27)24(20(28)23-21)12-18(26)29-13-17(25)22-16-10-8-15(9-11-16)14-6-4-3-5-7-14/h3-11H,12-13H2,1-2H3,(H,22,25)(H,23,28). The summed E-state index contributed by atoms with van der Waals surface area (Å²) in [6, 6.07) is 16.4. The van der Waals surface area contributed by atoms with Crippen LogP contribution >= 0.6 is 0 Å². The molecular weight excluding hydrogens is 374 g/mol. The van der Waals surface area contributed by atoms with Crippen molar-refractivity contribution < 1.29 is 23.9 Å². The van der Waals surface area contributed by atoms with Gasteiger partial charge in [-0.05, 0) is 37.1 Å². The van der Waals surface area contributed by atoms with E-state index in [1.807, 2.05) is 42.5 Å². The highest BCUT2D eigenvalue weighted by atomic mass is 16.5. The highest BCUT2D eigenvalue weighted by Crippen LogP contribution is 2.21. The molecule has 0 bridgehead atoms. The van der Waals surface area contributed by atoms with Crippen molar-refractivity contribution in [1.82, 2.24) is 10.2 Å². The highest BCUT2D eigenvalue weighted by Gasteiger charge is 2.45. The van der Waals surface area contributed by atoms with Gasteiger partial charge in [0.15, 0.2) is 6.61 Å². The monoisotopic (exact) mass is 395 g/mol. The van der Waals surface area contributed by atoms with Crippen LogP contribution in [0.1, 0.15) is 13.8 Å². The van der Waals surface area contributed by atoms with Gasteiger partial charge in [0, 0.05) is 5.69 Å². The minimum atomic E-state index is -1.07. The second-order valence-corrected chi connectivity index (χ2v) is 7.10. The number of urea groups is 1. The van der Waals surface area contributed by atoms with Crippen molar-refractivity contribution in [2.75, 3.05) is 18.5 Å². The minimum Gasteiger partial charge on any atom is -0.454 e. The number of carbonyl (C=O) groups excluding carboxylic acids is 4. The fourth-order valence-corrected chi connectivity index (χ4v) is 2.86. The van der Waals surface area contributed by atoms with Crippen molar-refractivity contribution in [1.29, 1.82) is 0 Å². The van der Waals surface area contributed by atoms with E-state index in [1.54, 1.807) is 12.1 Å². The summed E-state index contributed by atoms with van der Waals surface area (Å²) in [7, 11) is 0. The Morgan fingerprint density at radius 2 is 1.62 bits per heavy atom. The summed E-state index contributed by atoms with van der Waals surface area (Å²) in [5.41, 5.74) is 1.55. The molecule has 1 heterocycles. The van der Waals surface area contributed by atoms with Gasteiger partial charge >= 0.3 is 12.0 Å². The molecule has 1 saturated heterocycles. The molecule has 150 valence electrons. The number of anilines is 1. The normalized spacial score (nSPS) is 15.0. The predicted octanol–water partition coefficient (Wildman–Crippen LogP) is 2.17. The van der Waals surface area contributed by atoms with E-state index >= 15 is 0 Å². The van der Waals surface area contributed by atoms with Crippen LogP contribution in [-0.4, -0.2) is 47.4 Å². The predicted molar refractivity (Wildman–Crippen MR) is 106 cm³/mol. The van der Waals surface area contributed by atoms with Crippen molar-refractivity contribution in [3.63, 3.8) is 0 Å². The molecule has 0 spiro atoms. The molecule has 2 N–H and O–H groups in total. The lowest BCUT2D eigenvalue weighted by atomic mass is 10.1. The second-order valence-electron chi connectivity index (χ2n) is 7.10. The molecule has 0 aliphatic carbocycles. The number of amides is 4. The molecule has 2 aromatic carbocycles. The molecule has 0 aromatic heterocycles. The van der Waals surface area contributed by atoms with Gasteiger partial charge in [-0.25, -0.2) is 4.79 Å². The van der Waals surface area contributed by atoms with E-state index in [9.17, 15) is 19.2 Å². The Bertz CT molecular complexity index is 939. The summed E-state index contributed by atoms with van der Waals surface area (Å²) in [5, 5.41) is 5.09. The molecule has 0 saturated carbocycles. The number of benzene rings is 2. The van der Waals surface area contributed by atoms with Gasteiger partial charge in [-0.2, -0.15) is 0 Å².